The van der Waals surface area contributed by atoms with Gasteiger partial charge in [0.2, 0.25) is 10.0 Å². The van der Waals surface area contributed by atoms with Crippen molar-refractivity contribution in [1.82, 2.24) is 4.72 Å². The molecule has 1 atom stereocenters. The molecular formula is C18H22FNO2S. The van der Waals surface area contributed by atoms with Crippen LogP contribution in [-0.2, 0) is 10.0 Å². The molecule has 0 radical (unpaired) electrons. The van der Waals surface area contributed by atoms with Gasteiger partial charge in [-0.3, -0.25) is 0 Å². The summed E-state index contributed by atoms with van der Waals surface area (Å²) in [5.74, 6) is -0.442. The van der Waals surface area contributed by atoms with Crippen molar-refractivity contribution in [2.75, 3.05) is 0 Å². The Morgan fingerprint density at radius 2 is 1.70 bits per heavy atom. The highest BCUT2D eigenvalue weighted by Crippen LogP contribution is 2.24. The molecule has 0 amide bonds. The van der Waals surface area contributed by atoms with Crippen LogP contribution in [0.15, 0.2) is 41.3 Å². The van der Waals surface area contributed by atoms with Gasteiger partial charge in [0, 0.05) is 6.04 Å². The van der Waals surface area contributed by atoms with E-state index < -0.39 is 15.8 Å². The number of nitrogens with one attached hydrogen (secondary N) is 1. The topological polar surface area (TPSA) is 46.2 Å². The number of sulfonamides is 1. The summed E-state index contributed by atoms with van der Waals surface area (Å²) in [5, 5.41) is 0. The van der Waals surface area contributed by atoms with Gasteiger partial charge >= 0.3 is 0 Å². The summed E-state index contributed by atoms with van der Waals surface area (Å²) in [7, 11) is -3.71. The third-order valence-electron chi connectivity index (χ3n) is 4.07. The zero-order valence-electron chi connectivity index (χ0n) is 13.9. The van der Waals surface area contributed by atoms with Crippen molar-refractivity contribution < 1.29 is 12.8 Å². The monoisotopic (exact) mass is 335 g/mol. The maximum absolute atomic E-state index is 13.2. The minimum Gasteiger partial charge on any atom is -0.207 e. The molecule has 0 saturated carbocycles. The smallest absolute Gasteiger partial charge is 0.207 e. The first-order chi connectivity index (χ1) is 10.7. The third kappa shape index (κ3) is 3.98. The Morgan fingerprint density at radius 1 is 1.00 bits per heavy atom. The minimum absolute atomic E-state index is 0.112. The minimum atomic E-state index is -3.71. The molecular weight excluding hydrogens is 313 g/mol. The Kier molecular flexibility index (Phi) is 5.22. The molecule has 23 heavy (non-hydrogen) atoms. The quantitative estimate of drug-likeness (QED) is 0.891. The molecule has 0 unspecified atom stereocenters. The number of halogens is 1. The lowest BCUT2D eigenvalue weighted by atomic mass is 10.0. The fourth-order valence-electron chi connectivity index (χ4n) is 2.53. The molecule has 0 aliphatic rings. The Balaban J connectivity index is 2.35. The summed E-state index contributed by atoms with van der Waals surface area (Å²) in [4.78, 5) is 0.112. The van der Waals surface area contributed by atoms with Crippen molar-refractivity contribution >= 4 is 10.0 Å². The second-order valence-corrected chi connectivity index (χ2v) is 7.52. The fraction of sp³-hybridized carbons (Fsp3) is 0.333. The molecule has 2 aromatic carbocycles. The highest BCUT2D eigenvalue weighted by Gasteiger charge is 2.22. The van der Waals surface area contributed by atoms with Crippen molar-refractivity contribution in [2.24, 2.45) is 0 Å². The molecule has 5 heteroatoms. The summed E-state index contributed by atoms with van der Waals surface area (Å²) in [6.07, 6.45) is 0.627. The van der Waals surface area contributed by atoms with Crippen LogP contribution >= 0.6 is 0 Å². The molecule has 3 nitrogen and oxygen atoms in total. The van der Waals surface area contributed by atoms with Gasteiger partial charge in [0.05, 0.1) is 4.90 Å². The normalized spacial score (nSPS) is 13.1. The maximum atomic E-state index is 13.2. The van der Waals surface area contributed by atoms with Crippen LogP contribution in [0.3, 0.4) is 0 Å². The number of hydrogen-bond donors (Lipinski definition) is 1. The highest BCUT2D eigenvalue weighted by molar-refractivity contribution is 7.89. The van der Waals surface area contributed by atoms with Crippen LogP contribution < -0.4 is 4.72 Å². The first kappa shape index (κ1) is 17.6. The first-order valence-electron chi connectivity index (χ1n) is 7.60. The zero-order valence-corrected chi connectivity index (χ0v) is 14.7. The van der Waals surface area contributed by atoms with Crippen LogP contribution in [-0.4, -0.2) is 8.42 Å². The number of benzene rings is 2. The lowest BCUT2D eigenvalue weighted by Gasteiger charge is -2.19. The highest BCUT2D eigenvalue weighted by atomic mass is 32.2. The van der Waals surface area contributed by atoms with E-state index in [0.29, 0.717) is 12.0 Å². The molecule has 0 aliphatic heterocycles. The van der Waals surface area contributed by atoms with E-state index in [4.69, 9.17) is 0 Å². The van der Waals surface area contributed by atoms with Gasteiger partial charge in [0.1, 0.15) is 5.82 Å². The molecule has 0 aromatic heterocycles. The summed E-state index contributed by atoms with van der Waals surface area (Å²) >= 11 is 0. The molecule has 2 rings (SSSR count). The molecule has 0 spiro atoms. The SMILES string of the molecule is CC[C@H](NS(=O)(=O)c1ccc(F)cc1C)c1ccc(C)c(C)c1. The summed E-state index contributed by atoms with van der Waals surface area (Å²) in [6, 6.07) is 9.32. The van der Waals surface area contributed by atoms with Crippen LogP contribution in [0.5, 0.6) is 0 Å². The largest absolute Gasteiger partial charge is 0.241 e. The number of hydrogen-bond acceptors (Lipinski definition) is 2. The van der Waals surface area contributed by atoms with E-state index in [1.165, 1.54) is 23.8 Å². The van der Waals surface area contributed by atoms with E-state index in [9.17, 15) is 12.8 Å². The summed E-state index contributed by atoms with van der Waals surface area (Å²) in [6.45, 7) is 7.55. The predicted molar refractivity (Wildman–Crippen MR) is 90.4 cm³/mol. The van der Waals surface area contributed by atoms with Crippen LogP contribution in [0.2, 0.25) is 0 Å². The zero-order chi connectivity index (χ0) is 17.2. The molecule has 2 aromatic rings. The van der Waals surface area contributed by atoms with Crippen LogP contribution in [0, 0.1) is 26.6 Å². The van der Waals surface area contributed by atoms with Crippen molar-refractivity contribution in [3.63, 3.8) is 0 Å². The Labute approximate surface area is 137 Å². The molecule has 0 aliphatic carbocycles. The molecule has 124 valence electrons. The van der Waals surface area contributed by atoms with E-state index in [2.05, 4.69) is 4.72 Å². The van der Waals surface area contributed by atoms with E-state index >= 15 is 0 Å². The van der Waals surface area contributed by atoms with Crippen LogP contribution in [0.4, 0.5) is 4.39 Å². The van der Waals surface area contributed by atoms with Crippen molar-refractivity contribution in [3.8, 4) is 0 Å². The van der Waals surface area contributed by atoms with Crippen molar-refractivity contribution in [1.29, 1.82) is 0 Å². The number of rotatable bonds is 5. The summed E-state index contributed by atoms with van der Waals surface area (Å²) in [5.41, 5.74) is 3.62. The molecule has 0 heterocycles. The lowest BCUT2D eigenvalue weighted by Crippen LogP contribution is -2.29. The Hall–Kier alpha value is -1.72. The van der Waals surface area contributed by atoms with Gasteiger partial charge in [-0.2, -0.15) is 0 Å². The average molecular weight is 335 g/mol. The second-order valence-electron chi connectivity index (χ2n) is 5.84. The number of aryl methyl sites for hydroxylation is 3. The lowest BCUT2D eigenvalue weighted by molar-refractivity contribution is 0.549. The molecule has 1 N–H and O–H groups in total. The van der Waals surface area contributed by atoms with Crippen LogP contribution in [0.1, 0.15) is 41.6 Å². The van der Waals surface area contributed by atoms with Gasteiger partial charge in [-0.15, -0.1) is 0 Å². The standard InChI is InChI=1S/C18H22FNO2S/c1-5-17(15-7-6-12(2)13(3)10-15)20-23(21,22)18-9-8-16(19)11-14(18)4/h6-11,17,20H,5H2,1-4H3/t17-/m0/s1. The predicted octanol–water partition coefficient (Wildman–Crippen LogP) is 4.18. The van der Waals surface area contributed by atoms with Crippen LogP contribution in [0.25, 0.3) is 0 Å². The van der Waals surface area contributed by atoms with E-state index in [1.54, 1.807) is 6.92 Å². The molecule has 0 saturated heterocycles. The van der Waals surface area contributed by atoms with Gasteiger partial charge in [0.25, 0.3) is 0 Å². The molecule has 0 bridgehead atoms. The van der Waals surface area contributed by atoms with Gasteiger partial charge in [-0.25, -0.2) is 17.5 Å². The molecule has 0 fully saturated rings. The maximum Gasteiger partial charge on any atom is 0.241 e. The van der Waals surface area contributed by atoms with E-state index in [-0.39, 0.29) is 10.9 Å². The van der Waals surface area contributed by atoms with Gasteiger partial charge in [-0.1, -0.05) is 25.1 Å². The van der Waals surface area contributed by atoms with E-state index in [1.807, 2.05) is 39.0 Å². The van der Waals surface area contributed by atoms with Gasteiger partial charge in [-0.05, 0) is 67.6 Å². The fourth-order valence-corrected chi connectivity index (χ4v) is 4.07. The Morgan fingerprint density at radius 3 is 2.26 bits per heavy atom. The van der Waals surface area contributed by atoms with Gasteiger partial charge < -0.3 is 0 Å². The van der Waals surface area contributed by atoms with Crippen molar-refractivity contribution in [2.45, 2.75) is 45.1 Å². The van der Waals surface area contributed by atoms with Crippen molar-refractivity contribution in [3.05, 3.63) is 64.5 Å². The van der Waals surface area contributed by atoms with Gasteiger partial charge in [0.15, 0.2) is 0 Å². The van der Waals surface area contributed by atoms with E-state index in [0.717, 1.165) is 11.1 Å². The third-order valence-corrected chi connectivity index (χ3v) is 5.70. The Bertz CT molecular complexity index is 816. The summed E-state index contributed by atoms with van der Waals surface area (Å²) < 4.78 is 41.2. The second kappa shape index (κ2) is 6.81. The average Bonchev–Trinajstić information content (AvgIpc) is 2.47. The first-order valence-corrected chi connectivity index (χ1v) is 9.08.